The minimum atomic E-state index is -0.780. The van der Waals surface area contributed by atoms with Crippen LogP contribution in [-0.2, 0) is 6.54 Å². The molecular formula is C23H27ClN2O3. The molecule has 5 nitrogen and oxygen atoms in total. The molecule has 0 radical (unpaired) electrons. The van der Waals surface area contributed by atoms with Crippen molar-refractivity contribution in [3.8, 4) is 11.5 Å². The van der Waals surface area contributed by atoms with Gasteiger partial charge in [0, 0.05) is 24.7 Å². The van der Waals surface area contributed by atoms with Crippen LogP contribution in [0, 0.1) is 5.41 Å². The third kappa shape index (κ3) is 5.03. The predicted octanol–water partition coefficient (Wildman–Crippen LogP) is 5.49. The summed E-state index contributed by atoms with van der Waals surface area (Å²) in [5.74, 6) is 1.61. The van der Waals surface area contributed by atoms with Gasteiger partial charge in [-0.3, -0.25) is 4.90 Å². The topological polar surface area (TPSA) is 53.0 Å². The molecule has 0 saturated carbocycles. The number of carbonyl (C=O) groups is 1. The van der Waals surface area contributed by atoms with Crippen LogP contribution in [0.3, 0.4) is 0 Å². The highest BCUT2D eigenvalue weighted by molar-refractivity contribution is 6.30. The van der Waals surface area contributed by atoms with Gasteiger partial charge in [-0.2, -0.15) is 0 Å². The van der Waals surface area contributed by atoms with E-state index in [1.165, 1.54) is 5.56 Å². The number of hydrogen-bond donors (Lipinski definition) is 1. The number of halogens is 1. The molecule has 2 aromatic rings. The first-order chi connectivity index (χ1) is 14.0. The maximum absolute atomic E-state index is 11.1. The molecule has 2 heterocycles. The minimum Gasteiger partial charge on any atom is -0.465 e. The van der Waals surface area contributed by atoms with Crippen LogP contribution in [0.5, 0.6) is 11.5 Å². The molecule has 1 N–H and O–H groups in total. The van der Waals surface area contributed by atoms with E-state index in [9.17, 15) is 4.79 Å². The molecule has 2 aliphatic heterocycles. The molecule has 154 valence electrons. The first-order valence-corrected chi connectivity index (χ1v) is 10.6. The summed E-state index contributed by atoms with van der Waals surface area (Å²) in [6.07, 6.45) is 3.52. The Hall–Kier alpha value is -2.24. The van der Waals surface area contributed by atoms with Crippen LogP contribution in [0.2, 0.25) is 5.02 Å². The zero-order valence-corrected chi connectivity index (χ0v) is 17.3. The summed E-state index contributed by atoms with van der Waals surface area (Å²) in [6, 6.07) is 15.6. The second-order valence-corrected chi connectivity index (χ2v) is 8.69. The van der Waals surface area contributed by atoms with E-state index in [0.29, 0.717) is 23.5 Å². The molecular weight excluding hydrogens is 388 g/mol. The molecule has 29 heavy (non-hydrogen) atoms. The Bertz CT molecular complexity index is 837. The second-order valence-electron chi connectivity index (χ2n) is 8.25. The summed E-state index contributed by atoms with van der Waals surface area (Å²) in [7, 11) is 0. The van der Waals surface area contributed by atoms with Crippen molar-refractivity contribution in [2.75, 3.05) is 26.2 Å². The monoisotopic (exact) mass is 414 g/mol. The number of likely N-dealkylation sites (tertiary alicyclic amines) is 2. The van der Waals surface area contributed by atoms with Crippen LogP contribution in [0.25, 0.3) is 0 Å². The van der Waals surface area contributed by atoms with E-state index in [0.717, 1.165) is 56.8 Å². The minimum absolute atomic E-state index is 0.335. The highest BCUT2D eigenvalue weighted by atomic mass is 35.5. The van der Waals surface area contributed by atoms with Gasteiger partial charge in [0.2, 0.25) is 0 Å². The highest BCUT2D eigenvalue weighted by Gasteiger charge is 2.38. The molecule has 6 heteroatoms. The molecule has 4 rings (SSSR count). The zero-order valence-electron chi connectivity index (χ0n) is 16.5. The van der Waals surface area contributed by atoms with Crippen LogP contribution < -0.4 is 4.74 Å². The Morgan fingerprint density at radius 2 is 1.62 bits per heavy atom. The van der Waals surface area contributed by atoms with Crippen molar-refractivity contribution in [2.45, 2.75) is 32.2 Å². The van der Waals surface area contributed by atoms with Gasteiger partial charge in [-0.1, -0.05) is 23.7 Å². The summed E-state index contributed by atoms with van der Waals surface area (Å²) < 4.78 is 5.95. The molecule has 1 amide bonds. The van der Waals surface area contributed by atoms with Gasteiger partial charge in [-0.05, 0) is 86.1 Å². The Labute approximate surface area is 176 Å². The second kappa shape index (κ2) is 8.64. The number of rotatable bonds is 4. The Balaban J connectivity index is 1.30. The first kappa shape index (κ1) is 20.0. The lowest BCUT2D eigenvalue weighted by molar-refractivity contribution is 0.0341. The van der Waals surface area contributed by atoms with Crippen molar-refractivity contribution >= 4 is 17.7 Å². The fourth-order valence-electron chi connectivity index (χ4n) is 4.46. The van der Waals surface area contributed by atoms with Gasteiger partial charge in [0.15, 0.2) is 0 Å². The van der Waals surface area contributed by atoms with Crippen molar-refractivity contribution in [1.82, 2.24) is 9.80 Å². The van der Waals surface area contributed by atoms with Gasteiger partial charge in [0.05, 0.1) is 0 Å². The lowest BCUT2D eigenvalue weighted by Crippen LogP contribution is -2.47. The van der Waals surface area contributed by atoms with E-state index in [4.69, 9.17) is 21.4 Å². The van der Waals surface area contributed by atoms with Crippen molar-refractivity contribution in [1.29, 1.82) is 0 Å². The van der Waals surface area contributed by atoms with Gasteiger partial charge in [0.25, 0.3) is 0 Å². The van der Waals surface area contributed by atoms with Crippen LogP contribution in [0.1, 0.15) is 31.2 Å². The molecule has 2 saturated heterocycles. The van der Waals surface area contributed by atoms with Crippen LogP contribution >= 0.6 is 11.6 Å². The standard InChI is InChI=1S/C23H27ClN2O3/c24-19-4-6-20(7-5-19)29-21-3-1-2-18(16-21)17-25-12-8-23(9-13-25)10-14-26(15-11-23)22(27)28/h1-7,16H,8-15,17H2,(H,27,28). The largest absolute Gasteiger partial charge is 0.465 e. The first-order valence-electron chi connectivity index (χ1n) is 10.2. The fraction of sp³-hybridized carbons (Fsp3) is 0.435. The third-order valence-corrected chi connectivity index (χ3v) is 6.62. The summed E-state index contributed by atoms with van der Waals surface area (Å²) in [4.78, 5) is 15.2. The van der Waals surface area contributed by atoms with Crippen molar-refractivity contribution in [3.63, 3.8) is 0 Å². The van der Waals surface area contributed by atoms with Gasteiger partial charge in [-0.25, -0.2) is 4.79 Å². The summed E-state index contributed by atoms with van der Waals surface area (Å²) in [5, 5.41) is 9.86. The number of piperidine rings is 2. The van der Waals surface area contributed by atoms with Gasteiger partial charge >= 0.3 is 6.09 Å². The predicted molar refractivity (Wildman–Crippen MR) is 114 cm³/mol. The van der Waals surface area contributed by atoms with Gasteiger partial charge in [0.1, 0.15) is 11.5 Å². The molecule has 0 aromatic heterocycles. The van der Waals surface area contributed by atoms with Crippen LogP contribution in [0.15, 0.2) is 48.5 Å². The lowest BCUT2D eigenvalue weighted by Gasteiger charge is -2.46. The van der Waals surface area contributed by atoms with E-state index < -0.39 is 6.09 Å². The third-order valence-electron chi connectivity index (χ3n) is 6.37. The SMILES string of the molecule is O=C(O)N1CCC2(CCN(Cc3cccc(Oc4ccc(Cl)cc4)c3)CC2)CC1. The molecule has 2 aliphatic rings. The number of nitrogens with zero attached hydrogens (tertiary/aromatic N) is 2. The number of carboxylic acid groups (broad SMARTS) is 1. The quantitative estimate of drug-likeness (QED) is 0.718. The molecule has 0 bridgehead atoms. The van der Waals surface area contributed by atoms with Crippen LogP contribution in [0.4, 0.5) is 4.79 Å². The maximum atomic E-state index is 11.1. The molecule has 0 aliphatic carbocycles. The summed E-state index contributed by atoms with van der Waals surface area (Å²) in [6.45, 7) is 4.40. The average Bonchev–Trinajstić information content (AvgIpc) is 2.72. The number of ether oxygens (including phenoxy) is 1. The molecule has 2 aromatic carbocycles. The van der Waals surface area contributed by atoms with Crippen molar-refractivity contribution in [2.24, 2.45) is 5.41 Å². The molecule has 0 unspecified atom stereocenters. The average molecular weight is 415 g/mol. The Morgan fingerprint density at radius 3 is 2.28 bits per heavy atom. The fourth-order valence-corrected chi connectivity index (χ4v) is 4.59. The van der Waals surface area contributed by atoms with Crippen molar-refractivity contribution in [3.05, 3.63) is 59.1 Å². The summed E-state index contributed by atoms with van der Waals surface area (Å²) in [5.41, 5.74) is 1.58. The van der Waals surface area contributed by atoms with E-state index in [-0.39, 0.29) is 0 Å². The van der Waals surface area contributed by atoms with E-state index >= 15 is 0 Å². The maximum Gasteiger partial charge on any atom is 0.407 e. The van der Waals surface area contributed by atoms with E-state index in [1.807, 2.05) is 36.4 Å². The van der Waals surface area contributed by atoms with Gasteiger partial charge < -0.3 is 14.7 Å². The molecule has 0 atom stereocenters. The van der Waals surface area contributed by atoms with E-state index in [1.54, 1.807) is 4.90 Å². The normalized spacial score (nSPS) is 19.3. The zero-order chi connectivity index (χ0) is 20.3. The van der Waals surface area contributed by atoms with Gasteiger partial charge in [-0.15, -0.1) is 0 Å². The Morgan fingerprint density at radius 1 is 0.966 bits per heavy atom. The number of hydrogen-bond acceptors (Lipinski definition) is 3. The van der Waals surface area contributed by atoms with E-state index in [2.05, 4.69) is 17.0 Å². The highest BCUT2D eigenvalue weighted by Crippen LogP contribution is 2.41. The van der Waals surface area contributed by atoms with Crippen LogP contribution in [-0.4, -0.2) is 47.2 Å². The smallest absolute Gasteiger partial charge is 0.407 e. The number of benzene rings is 2. The van der Waals surface area contributed by atoms with Crippen molar-refractivity contribution < 1.29 is 14.6 Å². The molecule has 2 fully saturated rings. The number of amides is 1. The summed E-state index contributed by atoms with van der Waals surface area (Å²) >= 11 is 5.93. The Kier molecular flexibility index (Phi) is 5.97. The molecule has 1 spiro atoms. The lowest BCUT2D eigenvalue weighted by atomic mass is 9.71.